The Balaban J connectivity index is 2.50. The Morgan fingerprint density at radius 1 is 1.12 bits per heavy atom. The van der Waals surface area contributed by atoms with Crippen molar-refractivity contribution in [1.82, 2.24) is 10.2 Å². The number of likely N-dealkylation sites (N-methyl/N-ethyl adjacent to an activating group) is 1. The van der Waals surface area contributed by atoms with Crippen LogP contribution in [0.5, 0.6) is 0 Å². The number of carbonyl (C=O) groups is 2. The molecule has 2 amide bonds. The molecule has 0 fully saturated rings. The standard InChI is InChI=1S/C18H29N3O3/c1-7-21(17(23)24-18(2,3)4)13-12-19-16(22)14-8-10-15(11-9-14)20(5)6/h8-11H,7,12-13H2,1-6H3,(H,19,22). The summed E-state index contributed by atoms with van der Waals surface area (Å²) in [6.45, 7) is 8.69. The van der Waals surface area contributed by atoms with Gasteiger partial charge >= 0.3 is 6.09 Å². The molecule has 6 heteroatoms. The molecule has 1 rings (SSSR count). The van der Waals surface area contributed by atoms with Crippen LogP contribution in [0, 0.1) is 0 Å². The fraction of sp³-hybridized carbons (Fsp3) is 0.556. The molecule has 0 bridgehead atoms. The molecule has 0 atom stereocenters. The Bertz CT molecular complexity index is 548. The molecule has 0 aliphatic heterocycles. The number of carbonyl (C=O) groups excluding carboxylic acids is 2. The zero-order valence-corrected chi connectivity index (χ0v) is 15.5. The Hall–Kier alpha value is -2.24. The molecule has 0 saturated heterocycles. The van der Waals surface area contributed by atoms with Crippen molar-refractivity contribution < 1.29 is 14.3 Å². The third-order valence-electron chi connectivity index (χ3n) is 3.35. The van der Waals surface area contributed by atoms with E-state index in [0.717, 1.165) is 5.69 Å². The van der Waals surface area contributed by atoms with Crippen molar-refractivity contribution >= 4 is 17.7 Å². The van der Waals surface area contributed by atoms with Gasteiger partial charge in [0.2, 0.25) is 0 Å². The minimum absolute atomic E-state index is 0.152. The number of hydrogen-bond donors (Lipinski definition) is 1. The molecule has 134 valence electrons. The van der Waals surface area contributed by atoms with Crippen molar-refractivity contribution in [3.05, 3.63) is 29.8 Å². The fourth-order valence-corrected chi connectivity index (χ4v) is 2.02. The lowest BCUT2D eigenvalue weighted by Crippen LogP contribution is -2.41. The van der Waals surface area contributed by atoms with E-state index in [1.807, 2.05) is 58.8 Å². The number of nitrogens with zero attached hydrogens (tertiary/aromatic N) is 2. The zero-order valence-electron chi connectivity index (χ0n) is 15.5. The summed E-state index contributed by atoms with van der Waals surface area (Å²) < 4.78 is 5.34. The van der Waals surface area contributed by atoms with E-state index in [0.29, 0.717) is 25.2 Å². The van der Waals surface area contributed by atoms with Crippen LogP contribution in [0.3, 0.4) is 0 Å². The van der Waals surface area contributed by atoms with Crippen LogP contribution in [0.25, 0.3) is 0 Å². The number of amides is 2. The van der Waals surface area contributed by atoms with Gasteiger partial charge in [0.25, 0.3) is 5.91 Å². The lowest BCUT2D eigenvalue weighted by Gasteiger charge is -2.26. The van der Waals surface area contributed by atoms with Gasteiger partial charge in [0.1, 0.15) is 5.60 Å². The average molecular weight is 335 g/mol. The number of nitrogens with one attached hydrogen (secondary N) is 1. The van der Waals surface area contributed by atoms with E-state index >= 15 is 0 Å². The predicted molar refractivity (Wildman–Crippen MR) is 96.6 cm³/mol. The summed E-state index contributed by atoms with van der Waals surface area (Å²) in [5, 5.41) is 2.83. The smallest absolute Gasteiger partial charge is 0.410 e. The SMILES string of the molecule is CCN(CCNC(=O)c1ccc(N(C)C)cc1)C(=O)OC(C)(C)C. The molecule has 0 saturated carbocycles. The van der Waals surface area contributed by atoms with E-state index in [1.165, 1.54) is 0 Å². The number of ether oxygens (including phenoxy) is 1. The Labute approximate surface area is 144 Å². The zero-order chi connectivity index (χ0) is 18.3. The summed E-state index contributed by atoms with van der Waals surface area (Å²) >= 11 is 0. The quantitative estimate of drug-likeness (QED) is 0.868. The molecule has 1 N–H and O–H groups in total. The second-order valence-corrected chi connectivity index (χ2v) is 6.76. The topological polar surface area (TPSA) is 61.9 Å². The van der Waals surface area contributed by atoms with Crippen LogP contribution in [0.4, 0.5) is 10.5 Å². The first-order chi connectivity index (χ1) is 11.1. The number of anilines is 1. The van der Waals surface area contributed by atoms with E-state index in [-0.39, 0.29) is 12.0 Å². The molecule has 0 spiro atoms. The van der Waals surface area contributed by atoms with Gasteiger partial charge in [-0.15, -0.1) is 0 Å². The van der Waals surface area contributed by atoms with Crippen LogP contribution < -0.4 is 10.2 Å². The molecule has 0 aliphatic carbocycles. The van der Waals surface area contributed by atoms with Crippen molar-refractivity contribution in [2.75, 3.05) is 38.6 Å². The monoisotopic (exact) mass is 335 g/mol. The maximum atomic E-state index is 12.1. The summed E-state index contributed by atoms with van der Waals surface area (Å²) in [5.74, 6) is -0.152. The van der Waals surface area contributed by atoms with Crippen LogP contribution in [-0.2, 0) is 4.74 Å². The van der Waals surface area contributed by atoms with Gasteiger partial charge in [-0.1, -0.05) is 0 Å². The summed E-state index contributed by atoms with van der Waals surface area (Å²) in [7, 11) is 3.90. The third kappa shape index (κ3) is 6.48. The van der Waals surface area contributed by atoms with Gasteiger partial charge in [0.05, 0.1) is 0 Å². The molecule has 0 aromatic heterocycles. The van der Waals surface area contributed by atoms with Gasteiger partial charge in [0, 0.05) is 45.0 Å². The van der Waals surface area contributed by atoms with E-state index in [9.17, 15) is 9.59 Å². The van der Waals surface area contributed by atoms with Crippen molar-refractivity contribution in [2.24, 2.45) is 0 Å². The minimum Gasteiger partial charge on any atom is -0.444 e. The van der Waals surface area contributed by atoms with Crippen molar-refractivity contribution in [3.8, 4) is 0 Å². The van der Waals surface area contributed by atoms with Gasteiger partial charge in [-0.05, 0) is 52.0 Å². The number of rotatable bonds is 6. The van der Waals surface area contributed by atoms with Gasteiger partial charge in [0.15, 0.2) is 0 Å². The Morgan fingerprint density at radius 3 is 2.17 bits per heavy atom. The Kier molecular flexibility index (Phi) is 7.07. The normalized spacial score (nSPS) is 10.9. The number of benzene rings is 1. The predicted octanol–water partition coefficient (Wildman–Crippen LogP) is 2.74. The molecule has 24 heavy (non-hydrogen) atoms. The molecule has 1 aromatic carbocycles. The van der Waals surface area contributed by atoms with Crippen LogP contribution in [-0.4, -0.2) is 56.2 Å². The first kappa shape index (κ1) is 19.8. The van der Waals surface area contributed by atoms with Crippen LogP contribution in [0.15, 0.2) is 24.3 Å². The summed E-state index contributed by atoms with van der Waals surface area (Å²) in [5.41, 5.74) is 1.11. The molecule has 0 aliphatic rings. The number of hydrogen-bond acceptors (Lipinski definition) is 4. The van der Waals surface area contributed by atoms with Gasteiger partial charge in [-0.3, -0.25) is 4.79 Å². The highest BCUT2D eigenvalue weighted by atomic mass is 16.6. The molecule has 6 nitrogen and oxygen atoms in total. The van der Waals surface area contributed by atoms with E-state index in [4.69, 9.17) is 4.74 Å². The molecule has 1 aromatic rings. The highest BCUT2D eigenvalue weighted by Crippen LogP contribution is 2.12. The van der Waals surface area contributed by atoms with Crippen LogP contribution >= 0.6 is 0 Å². The second-order valence-electron chi connectivity index (χ2n) is 6.76. The Morgan fingerprint density at radius 2 is 1.71 bits per heavy atom. The van der Waals surface area contributed by atoms with Crippen LogP contribution in [0.1, 0.15) is 38.1 Å². The van der Waals surface area contributed by atoms with E-state index in [1.54, 1.807) is 17.0 Å². The lowest BCUT2D eigenvalue weighted by molar-refractivity contribution is 0.0261. The third-order valence-corrected chi connectivity index (χ3v) is 3.35. The summed E-state index contributed by atoms with van der Waals surface area (Å²) in [6.07, 6.45) is -0.366. The molecule has 0 heterocycles. The van der Waals surface area contributed by atoms with Crippen molar-refractivity contribution in [2.45, 2.75) is 33.3 Å². The summed E-state index contributed by atoms with van der Waals surface area (Å²) in [4.78, 5) is 27.7. The first-order valence-corrected chi connectivity index (χ1v) is 8.17. The second kappa shape index (κ2) is 8.57. The maximum absolute atomic E-state index is 12.1. The van der Waals surface area contributed by atoms with Crippen LogP contribution in [0.2, 0.25) is 0 Å². The average Bonchev–Trinajstić information content (AvgIpc) is 2.49. The van der Waals surface area contributed by atoms with Crippen molar-refractivity contribution in [1.29, 1.82) is 0 Å². The molecule has 0 unspecified atom stereocenters. The van der Waals surface area contributed by atoms with E-state index < -0.39 is 5.60 Å². The first-order valence-electron chi connectivity index (χ1n) is 8.17. The summed E-state index contributed by atoms with van der Waals surface area (Å²) in [6, 6.07) is 7.37. The van der Waals surface area contributed by atoms with Gasteiger partial charge in [-0.25, -0.2) is 4.79 Å². The maximum Gasteiger partial charge on any atom is 0.410 e. The molecular formula is C18H29N3O3. The van der Waals surface area contributed by atoms with E-state index in [2.05, 4.69) is 5.32 Å². The highest BCUT2D eigenvalue weighted by molar-refractivity contribution is 5.94. The molecular weight excluding hydrogens is 306 g/mol. The molecule has 0 radical (unpaired) electrons. The highest BCUT2D eigenvalue weighted by Gasteiger charge is 2.20. The minimum atomic E-state index is -0.526. The van der Waals surface area contributed by atoms with Crippen molar-refractivity contribution in [3.63, 3.8) is 0 Å². The van der Waals surface area contributed by atoms with Gasteiger partial charge < -0.3 is 19.9 Å². The largest absolute Gasteiger partial charge is 0.444 e. The fourth-order valence-electron chi connectivity index (χ4n) is 2.02. The lowest BCUT2D eigenvalue weighted by atomic mass is 10.2. The van der Waals surface area contributed by atoms with Gasteiger partial charge in [-0.2, -0.15) is 0 Å².